The lowest BCUT2D eigenvalue weighted by Crippen LogP contribution is -2.45. The van der Waals surface area contributed by atoms with Gasteiger partial charge in [0.25, 0.3) is 0 Å². The monoisotopic (exact) mass is 499 g/mol. The highest BCUT2D eigenvalue weighted by Crippen LogP contribution is 2.46. The zero-order valence-corrected chi connectivity index (χ0v) is 20.1. The molecule has 2 aromatic heterocycles. The molecular formula is C27H25N5O5. The van der Waals surface area contributed by atoms with E-state index in [4.69, 9.17) is 4.74 Å². The van der Waals surface area contributed by atoms with Crippen LogP contribution in [0.2, 0.25) is 0 Å². The minimum atomic E-state index is -1.09. The minimum absolute atomic E-state index is 0.0605. The normalized spacial score (nSPS) is 13.6. The maximum Gasteiger partial charge on any atom is 0.354 e. The molecule has 37 heavy (non-hydrogen) atoms. The predicted molar refractivity (Wildman–Crippen MR) is 136 cm³/mol. The van der Waals surface area contributed by atoms with Crippen LogP contribution < -0.4 is 21.4 Å². The van der Waals surface area contributed by atoms with Gasteiger partial charge in [-0.15, -0.1) is 0 Å². The second-order valence-electron chi connectivity index (χ2n) is 9.16. The number of benzene rings is 2. The van der Waals surface area contributed by atoms with E-state index in [2.05, 4.69) is 15.3 Å². The second kappa shape index (κ2) is 9.73. The number of anilines is 2. The van der Waals surface area contributed by atoms with Crippen LogP contribution in [-0.4, -0.2) is 30.2 Å². The van der Waals surface area contributed by atoms with Crippen molar-refractivity contribution in [3.05, 3.63) is 105 Å². The molecule has 1 aliphatic carbocycles. The number of carboxylic acids is 1. The first-order valence-electron chi connectivity index (χ1n) is 11.8. The molecule has 0 bridgehead atoms. The summed E-state index contributed by atoms with van der Waals surface area (Å²) in [5.41, 5.74) is -0.0192. The van der Waals surface area contributed by atoms with E-state index >= 15 is 0 Å². The molecule has 4 aromatic rings. The number of rotatable bonds is 9. The third kappa shape index (κ3) is 5.27. The van der Waals surface area contributed by atoms with E-state index in [-0.39, 0.29) is 19.0 Å². The van der Waals surface area contributed by atoms with Gasteiger partial charge < -0.3 is 15.2 Å². The number of hydrogen-bond donors (Lipinski definition) is 2. The Balaban J connectivity index is 1.47. The molecule has 1 saturated carbocycles. The summed E-state index contributed by atoms with van der Waals surface area (Å²) in [6.45, 7) is 1.91. The maximum absolute atomic E-state index is 13.5. The van der Waals surface area contributed by atoms with Crippen LogP contribution in [0, 0.1) is 12.3 Å². The van der Waals surface area contributed by atoms with Crippen LogP contribution in [0.25, 0.3) is 0 Å². The third-order valence-corrected chi connectivity index (χ3v) is 6.35. The summed E-state index contributed by atoms with van der Waals surface area (Å²) in [5, 5.41) is 12.6. The maximum atomic E-state index is 13.5. The van der Waals surface area contributed by atoms with Crippen LogP contribution in [0.4, 0.5) is 11.6 Å². The lowest BCUT2D eigenvalue weighted by molar-refractivity contribution is -0.143. The zero-order valence-electron chi connectivity index (χ0n) is 20.1. The van der Waals surface area contributed by atoms with Gasteiger partial charge in [-0.25, -0.2) is 19.1 Å². The Morgan fingerprint density at radius 1 is 1.03 bits per heavy atom. The summed E-state index contributed by atoms with van der Waals surface area (Å²) in [6, 6.07) is 19.9. The molecule has 0 saturated heterocycles. The number of carbonyl (C=O) groups is 1. The Bertz CT molecular complexity index is 1540. The van der Waals surface area contributed by atoms with Crippen LogP contribution in [0.3, 0.4) is 0 Å². The van der Waals surface area contributed by atoms with Crippen LogP contribution in [0.15, 0.2) is 82.5 Å². The average molecular weight is 500 g/mol. The molecular weight excluding hydrogens is 474 g/mol. The van der Waals surface area contributed by atoms with Gasteiger partial charge in [0.1, 0.15) is 5.75 Å². The molecule has 0 amide bonds. The van der Waals surface area contributed by atoms with E-state index in [0.717, 1.165) is 15.7 Å². The van der Waals surface area contributed by atoms with Crippen LogP contribution in [0.5, 0.6) is 11.6 Å². The van der Waals surface area contributed by atoms with E-state index in [1.165, 1.54) is 4.57 Å². The van der Waals surface area contributed by atoms with Crippen molar-refractivity contribution in [1.82, 2.24) is 19.1 Å². The molecule has 2 aromatic carbocycles. The van der Waals surface area contributed by atoms with Crippen LogP contribution in [0.1, 0.15) is 24.0 Å². The summed E-state index contributed by atoms with van der Waals surface area (Å²) in [5.74, 6) is 0.0628. The highest BCUT2D eigenvalue weighted by molar-refractivity contribution is 5.77. The number of pyridine rings is 1. The number of aromatic nitrogens is 4. The smallest absolute Gasteiger partial charge is 0.354 e. The SMILES string of the molecule is Cc1ccc(Cn2c(Nc3ccc(Oc4ccccn4)cc3)nc(=O)n(CC3(C(=O)O)CC3)c2=O)cc1. The summed E-state index contributed by atoms with van der Waals surface area (Å²) in [4.78, 5) is 46.3. The Morgan fingerprint density at radius 3 is 2.38 bits per heavy atom. The molecule has 0 aliphatic heterocycles. The van der Waals surface area contributed by atoms with Crippen molar-refractivity contribution in [2.45, 2.75) is 32.9 Å². The predicted octanol–water partition coefficient (Wildman–Crippen LogP) is 3.56. The molecule has 0 spiro atoms. The largest absolute Gasteiger partial charge is 0.481 e. The number of carboxylic acid groups (broad SMARTS) is 1. The lowest BCUT2D eigenvalue weighted by atomic mass is 10.1. The molecule has 1 fully saturated rings. The third-order valence-electron chi connectivity index (χ3n) is 6.35. The zero-order chi connectivity index (χ0) is 26.0. The molecule has 2 heterocycles. The van der Waals surface area contributed by atoms with E-state index in [1.807, 2.05) is 37.3 Å². The van der Waals surface area contributed by atoms with Gasteiger partial charge in [-0.3, -0.25) is 9.36 Å². The quantitative estimate of drug-likeness (QED) is 0.358. The molecule has 10 heteroatoms. The Kier molecular flexibility index (Phi) is 6.31. The fourth-order valence-electron chi connectivity index (χ4n) is 3.94. The molecule has 0 atom stereocenters. The van der Waals surface area contributed by atoms with Crippen molar-refractivity contribution in [1.29, 1.82) is 0 Å². The van der Waals surface area contributed by atoms with Gasteiger partial charge in [-0.2, -0.15) is 4.98 Å². The van der Waals surface area contributed by atoms with Gasteiger partial charge in [0, 0.05) is 24.5 Å². The van der Waals surface area contributed by atoms with Gasteiger partial charge in [0.15, 0.2) is 0 Å². The van der Waals surface area contributed by atoms with Crippen molar-refractivity contribution in [3.8, 4) is 11.6 Å². The molecule has 5 rings (SSSR count). The molecule has 188 valence electrons. The summed E-state index contributed by atoms with van der Waals surface area (Å²) < 4.78 is 7.98. The Labute approximate surface area is 211 Å². The Hall–Kier alpha value is -4.73. The van der Waals surface area contributed by atoms with E-state index in [0.29, 0.717) is 30.2 Å². The highest BCUT2D eigenvalue weighted by Gasteiger charge is 2.51. The number of nitrogens with zero attached hydrogens (tertiary/aromatic N) is 4. The summed E-state index contributed by atoms with van der Waals surface area (Å²) in [6.07, 6.45) is 2.46. The molecule has 1 aliphatic rings. The molecule has 2 N–H and O–H groups in total. The van der Waals surface area contributed by atoms with Gasteiger partial charge in [0.2, 0.25) is 11.8 Å². The summed E-state index contributed by atoms with van der Waals surface area (Å²) >= 11 is 0. The number of ether oxygens (including phenoxy) is 1. The Morgan fingerprint density at radius 2 is 1.76 bits per heavy atom. The van der Waals surface area contributed by atoms with E-state index in [9.17, 15) is 19.5 Å². The molecule has 0 unspecified atom stereocenters. The second-order valence-corrected chi connectivity index (χ2v) is 9.16. The number of aryl methyl sites for hydroxylation is 1. The van der Waals surface area contributed by atoms with Gasteiger partial charge in [-0.1, -0.05) is 35.9 Å². The summed E-state index contributed by atoms with van der Waals surface area (Å²) in [7, 11) is 0. The van der Waals surface area contributed by atoms with Crippen molar-refractivity contribution in [2.75, 3.05) is 5.32 Å². The number of aliphatic carboxylic acids is 1. The first-order chi connectivity index (χ1) is 17.8. The lowest BCUT2D eigenvalue weighted by Gasteiger charge is -2.17. The van der Waals surface area contributed by atoms with Gasteiger partial charge >= 0.3 is 17.3 Å². The van der Waals surface area contributed by atoms with Gasteiger partial charge in [-0.05, 0) is 55.7 Å². The molecule has 0 radical (unpaired) electrons. The average Bonchev–Trinajstić information content (AvgIpc) is 3.68. The minimum Gasteiger partial charge on any atom is -0.481 e. The van der Waals surface area contributed by atoms with E-state index in [1.54, 1.807) is 42.6 Å². The van der Waals surface area contributed by atoms with E-state index < -0.39 is 22.8 Å². The van der Waals surface area contributed by atoms with Crippen molar-refractivity contribution in [3.63, 3.8) is 0 Å². The number of nitrogens with one attached hydrogen (secondary N) is 1. The van der Waals surface area contributed by atoms with Crippen LogP contribution in [-0.2, 0) is 17.9 Å². The van der Waals surface area contributed by atoms with Gasteiger partial charge in [0.05, 0.1) is 12.0 Å². The fraction of sp³-hybridized carbons (Fsp3) is 0.222. The first-order valence-corrected chi connectivity index (χ1v) is 11.8. The highest BCUT2D eigenvalue weighted by atomic mass is 16.5. The van der Waals surface area contributed by atoms with Crippen LogP contribution >= 0.6 is 0 Å². The number of hydrogen-bond acceptors (Lipinski definition) is 7. The topological polar surface area (TPSA) is 128 Å². The first kappa shape index (κ1) is 24.0. The standard InChI is InChI=1S/C27H25N5O5/c1-18-5-7-19(8-6-18)16-31-24(30-25(35)32(26(31)36)17-27(13-14-27)23(33)34)29-20-9-11-21(12-10-20)37-22-4-2-3-15-28-22/h2-12,15H,13-14,16-17H2,1H3,(H,33,34)(H,29,30,35). The van der Waals surface area contributed by atoms with Crippen molar-refractivity contribution < 1.29 is 14.6 Å². The molecule has 10 nitrogen and oxygen atoms in total. The van der Waals surface area contributed by atoms with Crippen molar-refractivity contribution in [2.24, 2.45) is 5.41 Å². The fourth-order valence-corrected chi connectivity index (χ4v) is 3.94. The van der Waals surface area contributed by atoms with Crippen molar-refractivity contribution >= 4 is 17.6 Å².